The van der Waals surface area contributed by atoms with E-state index in [-0.39, 0.29) is 0 Å². The molecule has 4 heteroatoms. The van der Waals surface area contributed by atoms with Crippen LogP contribution in [-0.4, -0.2) is 13.6 Å². The number of hydrogen-bond acceptors (Lipinski definition) is 4. The molecule has 4 aromatic rings. The third-order valence-corrected chi connectivity index (χ3v) is 4.51. The molecule has 0 bridgehead atoms. The van der Waals surface area contributed by atoms with Crippen LogP contribution in [0.2, 0.25) is 0 Å². The first-order valence-corrected chi connectivity index (χ1v) is 10.1. The second kappa shape index (κ2) is 13.9. The normalized spacial score (nSPS) is 9.38. The Hall–Kier alpha value is -4.18. The highest BCUT2D eigenvalue weighted by Gasteiger charge is 2.01. The molecule has 0 heterocycles. The molecule has 0 saturated carbocycles. The zero-order valence-electron chi connectivity index (χ0n) is 17.9. The lowest BCUT2D eigenvalue weighted by molar-refractivity contribution is -0.0987. The van der Waals surface area contributed by atoms with E-state index < -0.39 is 0 Å². The van der Waals surface area contributed by atoms with Crippen molar-refractivity contribution in [3.05, 3.63) is 120 Å². The molecular weight excluding hydrogens is 400 g/mol. The zero-order valence-corrected chi connectivity index (χ0v) is 17.9. The molecule has 4 rings (SSSR count). The minimum absolute atomic E-state index is 0.855. The minimum Gasteiger partial charge on any atom is -0.457 e. The summed E-state index contributed by atoms with van der Waals surface area (Å²) in [5, 5.41) is 0. The molecule has 0 aromatic heterocycles. The molecule has 4 aromatic carbocycles. The molecule has 0 aliphatic heterocycles. The first kappa shape index (κ1) is 24.1. The number of ether oxygens (including phenoxy) is 2. The summed E-state index contributed by atoms with van der Waals surface area (Å²) >= 11 is 0. The molecule has 4 nitrogen and oxygen atoms in total. The molecule has 0 N–H and O–H groups in total. The van der Waals surface area contributed by atoms with Crippen molar-refractivity contribution in [1.29, 1.82) is 0 Å². The number of aryl methyl sites for hydroxylation is 2. The molecule has 0 aliphatic carbocycles. The number of hydrogen-bond donors (Lipinski definition) is 0. The zero-order chi connectivity index (χ0) is 23.0. The van der Waals surface area contributed by atoms with Gasteiger partial charge in [0.1, 0.15) is 36.6 Å². The summed E-state index contributed by atoms with van der Waals surface area (Å²) < 4.78 is 11.7. The molecule has 0 fully saturated rings. The monoisotopic (exact) mass is 426 g/mol. The van der Waals surface area contributed by atoms with Gasteiger partial charge in [0.25, 0.3) is 0 Å². The van der Waals surface area contributed by atoms with Gasteiger partial charge in [-0.2, -0.15) is 0 Å². The Kier molecular flexibility index (Phi) is 10.5. The fraction of sp³-hybridized carbons (Fsp3) is 0.0714. The van der Waals surface area contributed by atoms with Gasteiger partial charge in [0, 0.05) is 0 Å². The van der Waals surface area contributed by atoms with Crippen molar-refractivity contribution in [2.45, 2.75) is 12.8 Å². The van der Waals surface area contributed by atoms with Gasteiger partial charge in [0.05, 0.1) is 0 Å². The smallest absolute Gasteiger partial charge is 0.127 e. The molecule has 0 amide bonds. The Labute approximate surface area is 189 Å². The molecular formula is C28H26O4. The second-order valence-corrected chi connectivity index (χ2v) is 6.62. The summed E-state index contributed by atoms with van der Waals surface area (Å²) in [5.74, 6) is 3.43. The predicted octanol–water partition coefficient (Wildman–Crippen LogP) is 6.69. The van der Waals surface area contributed by atoms with Crippen molar-refractivity contribution >= 4 is 13.6 Å². The molecule has 32 heavy (non-hydrogen) atoms. The minimum atomic E-state index is 0.855. The van der Waals surface area contributed by atoms with Crippen LogP contribution in [0.25, 0.3) is 0 Å². The number of para-hydroxylation sites is 2. The summed E-state index contributed by atoms with van der Waals surface area (Å²) in [4.78, 5) is 16.0. The van der Waals surface area contributed by atoms with Gasteiger partial charge in [-0.1, -0.05) is 60.7 Å². The van der Waals surface area contributed by atoms with E-state index in [4.69, 9.17) is 19.1 Å². The van der Waals surface area contributed by atoms with E-state index in [2.05, 4.69) is 24.3 Å². The molecule has 0 saturated heterocycles. The number of rotatable bonds is 7. The Morgan fingerprint density at radius 1 is 0.406 bits per heavy atom. The fourth-order valence-electron chi connectivity index (χ4n) is 2.99. The van der Waals surface area contributed by atoms with Crippen molar-refractivity contribution in [1.82, 2.24) is 0 Å². The standard InChI is InChI=1S/C26H22O2.2CH2O/c1-3-7-23(8-4-1)27-25-17-13-21(14-18-25)11-12-22-15-19-26(20-16-22)28-24-9-5-2-6-10-24;2*1-2/h1-10,13-20H,11-12H2;2*1H2. The average Bonchev–Trinajstić information content (AvgIpc) is 2.88. The van der Waals surface area contributed by atoms with Gasteiger partial charge < -0.3 is 19.1 Å². The van der Waals surface area contributed by atoms with E-state index in [1.807, 2.05) is 98.5 Å². The van der Waals surface area contributed by atoms with Crippen molar-refractivity contribution in [2.24, 2.45) is 0 Å². The number of carbonyl (C=O) groups is 2. The average molecular weight is 427 g/mol. The molecule has 0 radical (unpaired) electrons. The third-order valence-electron chi connectivity index (χ3n) is 4.51. The summed E-state index contributed by atoms with van der Waals surface area (Å²) in [6.45, 7) is 4.00. The van der Waals surface area contributed by atoms with E-state index >= 15 is 0 Å². The van der Waals surface area contributed by atoms with Gasteiger partial charge in [-0.05, 0) is 72.5 Å². The largest absolute Gasteiger partial charge is 0.457 e. The molecule has 162 valence electrons. The maximum Gasteiger partial charge on any atom is 0.127 e. The van der Waals surface area contributed by atoms with Gasteiger partial charge in [0.2, 0.25) is 0 Å². The number of carbonyl (C=O) groups excluding carboxylic acids is 2. The first-order chi connectivity index (χ1) is 15.8. The van der Waals surface area contributed by atoms with E-state index in [1.165, 1.54) is 11.1 Å². The second-order valence-electron chi connectivity index (χ2n) is 6.62. The fourth-order valence-corrected chi connectivity index (χ4v) is 2.99. The van der Waals surface area contributed by atoms with Gasteiger partial charge in [0.15, 0.2) is 0 Å². The molecule has 0 unspecified atom stereocenters. The Balaban J connectivity index is 0.000000860. The first-order valence-electron chi connectivity index (χ1n) is 10.1. The lowest BCUT2D eigenvalue weighted by Gasteiger charge is -2.08. The molecule has 0 atom stereocenters. The Bertz CT molecular complexity index is 927. The summed E-state index contributed by atoms with van der Waals surface area (Å²) in [7, 11) is 0. The van der Waals surface area contributed by atoms with Crippen molar-refractivity contribution < 1.29 is 19.1 Å². The van der Waals surface area contributed by atoms with Crippen LogP contribution in [0.5, 0.6) is 23.0 Å². The van der Waals surface area contributed by atoms with Gasteiger partial charge in [-0.25, -0.2) is 0 Å². The van der Waals surface area contributed by atoms with Crippen LogP contribution in [0.1, 0.15) is 11.1 Å². The lowest BCUT2D eigenvalue weighted by Crippen LogP contribution is -1.92. The van der Waals surface area contributed by atoms with Gasteiger partial charge in [-0.3, -0.25) is 0 Å². The molecule has 0 spiro atoms. The molecule has 0 aliphatic rings. The maximum atomic E-state index is 8.00. The van der Waals surface area contributed by atoms with E-state index in [0.29, 0.717) is 0 Å². The van der Waals surface area contributed by atoms with Gasteiger partial charge >= 0.3 is 0 Å². The van der Waals surface area contributed by atoms with Crippen LogP contribution >= 0.6 is 0 Å². The van der Waals surface area contributed by atoms with Crippen LogP contribution in [0.4, 0.5) is 0 Å². The van der Waals surface area contributed by atoms with E-state index in [0.717, 1.165) is 35.8 Å². The highest BCUT2D eigenvalue weighted by molar-refractivity contribution is 5.35. The quantitative estimate of drug-likeness (QED) is 0.330. The Morgan fingerprint density at radius 2 is 0.688 bits per heavy atom. The SMILES string of the molecule is C=O.C=O.c1ccc(Oc2ccc(CCc3ccc(Oc4ccccc4)cc3)cc2)cc1. The highest BCUT2D eigenvalue weighted by atomic mass is 16.5. The van der Waals surface area contributed by atoms with Crippen LogP contribution < -0.4 is 9.47 Å². The summed E-state index contributed by atoms with van der Waals surface area (Å²) in [6.07, 6.45) is 1.98. The van der Waals surface area contributed by atoms with Gasteiger partial charge in [-0.15, -0.1) is 0 Å². The van der Waals surface area contributed by atoms with Crippen LogP contribution in [-0.2, 0) is 22.4 Å². The van der Waals surface area contributed by atoms with Crippen LogP contribution in [0.15, 0.2) is 109 Å². The Morgan fingerprint density at radius 3 is 1.00 bits per heavy atom. The summed E-state index contributed by atoms with van der Waals surface area (Å²) in [6, 6.07) is 36.3. The van der Waals surface area contributed by atoms with E-state index in [1.54, 1.807) is 0 Å². The van der Waals surface area contributed by atoms with Crippen molar-refractivity contribution in [3.63, 3.8) is 0 Å². The number of benzene rings is 4. The topological polar surface area (TPSA) is 52.6 Å². The van der Waals surface area contributed by atoms with Crippen LogP contribution in [0.3, 0.4) is 0 Å². The maximum absolute atomic E-state index is 8.00. The summed E-state index contributed by atoms with van der Waals surface area (Å²) in [5.41, 5.74) is 2.59. The highest BCUT2D eigenvalue weighted by Crippen LogP contribution is 2.23. The van der Waals surface area contributed by atoms with Crippen molar-refractivity contribution in [2.75, 3.05) is 0 Å². The van der Waals surface area contributed by atoms with Crippen molar-refractivity contribution in [3.8, 4) is 23.0 Å². The predicted molar refractivity (Wildman–Crippen MR) is 128 cm³/mol. The van der Waals surface area contributed by atoms with E-state index in [9.17, 15) is 0 Å². The van der Waals surface area contributed by atoms with Crippen LogP contribution in [0, 0.1) is 0 Å². The lowest BCUT2D eigenvalue weighted by atomic mass is 10.0. The third kappa shape index (κ3) is 7.92.